The van der Waals surface area contributed by atoms with Crippen LogP contribution in [0.1, 0.15) is 34.1 Å². The highest BCUT2D eigenvalue weighted by Gasteiger charge is 2.42. The van der Waals surface area contributed by atoms with E-state index in [4.69, 9.17) is 13.9 Å². The van der Waals surface area contributed by atoms with Gasteiger partial charge in [-0.05, 0) is 42.3 Å². The number of carbonyl (C=O) groups excluding carboxylic acids is 1. The number of rotatable bonds is 6. The summed E-state index contributed by atoms with van der Waals surface area (Å²) in [4.78, 5) is 28.3. The monoisotopic (exact) mass is 457 g/mol. The van der Waals surface area contributed by atoms with E-state index < -0.39 is 6.04 Å². The van der Waals surface area contributed by atoms with Crippen LogP contribution >= 0.6 is 15.9 Å². The van der Waals surface area contributed by atoms with Crippen molar-refractivity contribution >= 4 is 32.8 Å². The first-order valence-electron chi connectivity index (χ1n) is 9.25. The molecule has 1 aliphatic rings. The Morgan fingerprint density at radius 2 is 1.97 bits per heavy atom. The third-order valence-electron chi connectivity index (χ3n) is 5.08. The van der Waals surface area contributed by atoms with Crippen LogP contribution in [-0.2, 0) is 4.74 Å². The van der Waals surface area contributed by atoms with Crippen LogP contribution < -0.4 is 10.2 Å². The zero-order chi connectivity index (χ0) is 20.5. The van der Waals surface area contributed by atoms with Gasteiger partial charge >= 0.3 is 0 Å². The second-order valence-corrected chi connectivity index (χ2v) is 7.75. The Balaban J connectivity index is 1.92. The SMILES string of the molecule is COCCCN1C(=O)c2oc3ccc(Br)cc3c(=O)c2C1c1cccc(OC)c1. The van der Waals surface area contributed by atoms with Crippen LogP contribution in [0.4, 0.5) is 0 Å². The minimum atomic E-state index is -0.538. The molecule has 0 N–H and O–H groups in total. The number of amides is 1. The highest BCUT2D eigenvalue weighted by atomic mass is 79.9. The number of hydrogen-bond acceptors (Lipinski definition) is 5. The summed E-state index contributed by atoms with van der Waals surface area (Å²) in [7, 11) is 3.21. The van der Waals surface area contributed by atoms with Crippen molar-refractivity contribution in [1.82, 2.24) is 4.90 Å². The van der Waals surface area contributed by atoms with Gasteiger partial charge in [-0.15, -0.1) is 0 Å². The predicted octanol–water partition coefficient (Wildman–Crippen LogP) is 4.15. The molecular weight excluding hydrogens is 438 g/mol. The summed E-state index contributed by atoms with van der Waals surface area (Å²) in [6.07, 6.45) is 0.649. The molecular formula is C22H20BrNO5. The van der Waals surface area contributed by atoms with Crippen LogP contribution in [0.15, 0.2) is 56.1 Å². The molecule has 2 heterocycles. The zero-order valence-electron chi connectivity index (χ0n) is 16.1. The second kappa shape index (κ2) is 8.00. The van der Waals surface area contributed by atoms with Crippen molar-refractivity contribution in [2.45, 2.75) is 12.5 Å². The predicted molar refractivity (Wildman–Crippen MR) is 113 cm³/mol. The molecule has 0 saturated heterocycles. The summed E-state index contributed by atoms with van der Waals surface area (Å²) in [5, 5.41) is 0.442. The molecule has 2 aromatic carbocycles. The van der Waals surface area contributed by atoms with Gasteiger partial charge in [-0.1, -0.05) is 28.1 Å². The highest BCUT2D eigenvalue weighted by Crippen LogP contribution is 2.39. The lowest BCUT2D eigenvalue weighted by Crippen LogP contribution is -2.31. The van der Waals surface area contributed by atoms with Crippen molar-refractivity contribution in [3.63, 3.8) is 0 Å². The molecule has 0 bridgehead atoms. The van der Waals surface area contributed by atoms with Crippen molar-refractivity contribution < 1.29 is 18.7 Å². The van der Waals surface area contributed by atoms with Crippen LogP contribution in [0.3, 0.4) is 0 Å². The average Bonchev–Trinajstić information content (AvgIpc) is 3.01. The van der Waals surface area contributed by atoms with Crippen molar-refractivity contribution in [2.24, 2.45) is 0 Å². The summed E-state index contributed by atoms with van der Waals surface area (Å²) in [6, 6.07) is 12.1. The Kier molecular flexibility index (Phi) is 5.43. The summed E-state index contributed by atoms with van der Waals surface area (Å²) in [6.45, 7) is 0.958. The quantitative estimate of drug-likeness (QED) is 0.520. The first-order chi connectivity index (χ1) is 14.0. The van der Waals surface area contributed by atoms with Crippen molar-refractivity contribution in [3.05, 3.63) is 74.0 Å². The molecule has 4 rings (SSSR count). The highest BCUT2D eigenvalue weighted by molar-refractivity contribution is 9.10. The van der Waals surface area contributed by atoms with E-state index >= 15 is 0 Å². The standard InChI is InChI=1S/C22H20BrNO5/c1-27-10-4-9-24-19(13-5-3-6-15(11-13)28-2)18-20(25)16-12-14(23)7-8-17(16)29-21(18)22(24)26/h3,5-8,11-12,19H,4,9-10H2,1-2H3. The Labute approximate surface area is 176 Å². The fourth-order valence-corrected chi connectivity index (χ4v) is 4.12. The molecule has 0 saturated carbocycles. The van der Waals surface area contributed by atoms with Crippen LogP contribution in [0.5, 0.6) is 5.75 Å². The van der Waals surface area contributed by atoms with E-state index in [0.29, 0.717) is 41.9 Å². The molecule has 0 spiro atoms. The van der Waals surface area contributed by atoms with Gasteiger partial charge in [0.2, 0.25) is 5.76 Å². The van der Waals surface area contributed by atoms with Crippen LogP contribution in [0.25, 0.3) is 11.0 Å². The first kappa shape index (κ1) is 19.7. The van der Waals surface area contributed by atoms with Crippen molar-refractivity contribution in [1.29, 1.82) is 0 Å². The molecule has 7 heteroatoms. The molecule has 1 aromatic heterocycles. The Bertz CT molecular complexity index is 1140. The Morgan fingerprint density at radius 3 is 2.72 bits per heavy atom. The zero-order valence-corrected chi connectivity index (χ0v) is 17.7. The van der Waals surface area contributed by atoms with E-state index in [2.05, 4.69) is 15.9 Å². The average molecular weight is 458 g/mol. The lowest BCUT2D eigenvalue weighted by atomic mass is 9.98. The van der Waals surface area contributed by atoms with E-state index in [1.807, 2.05) is 24.3 Å². The van der Waals surface area contributed by atoms with Crippen LogP contribution in [-0.4, -0.2) is 38.2 Å². The van der Waals surface area contributed by atoms with E-state index in [-0.39, 0.29) is 17.1 Å². The normalized spacial score (nSPS) is 15.8. The molecule has 3 aromatic rings. The fourth-order valence-electron chi connectivity index (χ4n) is 3.76. The van der Waals surface area contributed by atoms with Gasteiger partial charge in [0.05, 0.1) is 24.1 Å². The van der Waals surface area contributed by atoms with Gasteiger partial charge < -0.3 is 18.8 Å². The maximum absolute atomic E-state index is 13.4. The van der Waals surface area contributed by atoms with Gasteiger partial charge in [-0.2, -0.15) is 0 Å². The number of fused-ring (bicyclic) bond motifs is 2. The minimum Gasteiger partial charge on any atom is -0.497 e. The third-order valence-corrected chi connectivity index (χ3v) is 5.58. The fraction of sp³-hybridized carbons (Fsp3) is 0.273. The number of halogens is 1. The summed E-state index contributed by atoms with van der Waals surface area (Å²) < 4.78 is 17.2. The lowest BCUT2D eigenvalue weighted by Gasteiger charge is -2.25. The van der Waals surface area contributed by atoms with Gasteiger partial charge in [0.15, 0.2) is 5.43 Å². The van der Waals surface area contributed by atoms with E-state index in [1.54, 1.807) is 37.3 Å². The lowest BCUT2D eigenvalue weighted by molar-refractivity contribution is 0.0707. The number of benzene rings is 2. The molecule has 0 fully saturated rings. The number of hydrogen-bond donors (Lipinski definition) is 0. The molecule has 0 radical (unpaired) electrons. The van der Waals surface area contributed by atoms with E-state index in [9.17, 15) is 9.59 Å². The summed E-state index contributed by atoms with van der Waals surface area (Å²) >= 11 is 3.40. The molecule has 6 nitrogen and oxygen atoms in total. The van der Waals surface area contributed by atoms with Crippen molar-refractivity contribution in [2.75, 3.05) is 27.4 Å². The van der Waals surface area contributed by atoms with Gasteiger partial charge in [0.1, 0.15) is 11.3 Å². The van der Waals surface area contributed by atoms with Crippen molar-refractivity contribution in [3.8, 4) is 5.75 Å². The largest absolute Gasteiger partial charge is 0.497 e. The second-order valence-electron chi connectivity index (χ2n) is 6.84. The van der Waals surface area contributed by atoms with Crippen LogP contribution in [0.2, 0.25) is 0 Å². The van der Waals surface area contributed by atoms with Gasteiger partial charge in [-0.3, -0.25) is 9.59 Å². The maximum Gasteiger partial charge on any atom is 0.290 e. The maximum atomic E-state index is 13.4. The molecule has 1 atom stereocenters. The number of carbonyl (C=O) groups is 1. The molecule has 0 aliphatic carbocycles. The molecule has 1 aliphatic heterocycles. The number of nitrogens with zero attached hydrogens (tertiary/aromatic N) is 1. The molecule has 1 amide bonds. The van der Waals surface area contributed by atoms with E-state index in [1.165, 1.54) is 0 Å². The Morgan fingerprint density at radius 1 is 1.14 bits per heavy atom. The topological polar surface area (TPSA) is 69.0 Å². The van der Waals surface area contributed by atoms with E-state index in [0.717, 1.165) is 10.0 Å². The molecule has 150 valence electrons. The van der Waals surface area contributed by atoms with Gasteiger partial charge in [0.25, 0.3) is 5.91 Å². The van der Waals surface area contributed by atoms with Crippen LogP contribution in [0, 0.1) is 0 Å². The first-order valence-corrected chi connectivity index (χ1v) is 10.0. The Hall–Kier alpha value is -2.64. The smallest absolute Gasteiger partial charge is 0.290 e. The third kappa shape index (κ3) is 3.45. The van der Waals surface area contributed by atoms with Gasteiger partial charge in [0, 0.05) is 24.7 Å². The molecule has 29 heavy (non-hydrogen) atoms. The summed E-state index contributed by atoms with van der Waals surface area (Å²) in [5.41, 5.74) is 1.37. The number of ether oxygens (including phenoxy) is 2. The summed E-state index contributed by atoms with van der Waals surface area (Å²) in [5.74, 6) is 0.481. The van der Waals surface area contributed by atoms with Gasteiger partial charge in [-0.25, -0.2) is 0 Å². The molecule has 1 unspecified atom stereocenters. The minimum absolute atomic E-state index is 0.107. The number of methoxy groups -OCH3 is 2.